The van der Waals surface area contributed by atoms with Crippen molar-refractivity contribution in [2.75, 3.05) is 0 Å². The summed E-state index contributed by atoms with van der Waals surface area (Å²) >= 11 is 0. The molecule has 0 spiro atoms. The first kappa shape index (κ1) is 16.2. The van der Waals surface area contributed by atoms with E-state index in [1.165, 1.54) is 6.92 Å². The molecule has 0 aliphatic carbocycles. The predicted molar refractivity (Wildman–Crippen MR) is 59.2 cm³/mol. The normalized spacial score (nSPS) is 32.4. The Balaban J connectivity index is 2.66. The molecule has 0 aromatic heterocycles. The van der Waals surface area contributed by atoms with E-state index in [-0.39, 0.29) is 12.5 Å². The molecular weight excluding hydrogens is 267 g/mol. The summed E-state index contributed by atoms with van der Waals surface area (Å²) in [6.45, 7) is 5.01. The van der Waals surface area contributed by atoms with E-state index in [4.69, 9.17) is 9.47 Å². The molecule has 5 nitrogen and oxygen atoms in total. The van der Waals surface area contributed by atoms with E-state index < -0.39 is 36.6 Å². The molecule has 1 saturated heterocycles. The molecule has 1 fully saturated rings. The topological polar surface area (TPSA) is 67.8 Å². The van der Waals surface area contributed by atoms with Crippen molar-refractivity contribution < 1.29 is 32.5 Å². The molecule has 0 aromatic carbocycles. The van der Waals surface area contributed by atoms with Crippen LogP contribution in [0.5, 0.6) is 0 Å². The number of halogens is 3. The van der Waals surface area contributed by atoms with Crippen LogP contribution in [-0.2, 0) is 14.3 Å². The summed E-state index contributed by atoms with van der Waals surface area (Å²) in [4.78, 5) is 10.9. The SMILES string of the molecule is CC(C)OC1CC(NC(=O)C(F)(F)F)C(O)C(C)O1. The second-order valence-corrected chi connectivity index (χ2v) is 4.76. The number of carbonyl (C=O) groups excluding carboxylic acids is 1. The van der Waals surface area contributed by atoms with E-state index >= 15 is 0 Å². The van der Waals surface area contributed by atoms with Crippen molar-refractivity contribution in [3.05, 3.63) is 0 Å². The Morgan fingerprint density at radius 1 is 1.47 bits per heavy atom. The smallest absolute Gasteiger partial charge is 0.388 e. The molecule has 0 saturated carbocycles. The lowest BCUT2D eigenvalue weighted by Gasteiger charge is -2.38. The Morgan fingerprint density at radius 2 is 2.05 bits per heavy atom. The van der Waals surface area contributed by atoms with Crippen LogP contribution in [0.25, 0.3) is 0 Å². The van der Waals surface area contributed by atoms with Crippen LogP contribution in [0.4, 0.5) is 13.2 Å². The van der Waals surface area contributed by atoms with Gasteiger partial charge in [-0.15, -0.1) is 0 Å². The molecule has 1 rings (SSSR count). The van der Waals surface area contributed by atoms with Crippen molar-refractivity contribution in [1.29, 1.82) is 0 Å². The van der Waals surface area contributed by atoms with E-state index in [9.17, 15) is 23.1 Å². The van der Waals surface area contributed by atoms with Crippen molar-refractivity contribution in [2.24, 2.45) is 0 Å². The van der Waals surface area contributed by atoms with Crippen LogP contribution < -0.4 is 5.32 Å². The Labute approximate surface area is 109 Å². The van der Waals surface area contributed by atoms with Gasteiger partial charge in [-0.05, 0) is 20.8 Å². The second-order valence-electron chi connectivity index (χ2n) is 4.76. The highest BCUT2D eigenvalue weighted by molar-refractivity contribution is 5.82. The third kappa shape index (κ3) is 4.63. The lowest BCUT2D eigenvalue weighted by atomic mass is 9.99. The number of rotatable bonds is 3. The van der Waals surface area contributed by atoms with E-state index in [2.05, 4.69) is 0 Å². The largest absolute Gasteiger partial charge is 0.471 e. The Kier molecular flexibility index (Phi) is 5.17. The minimum Gasteiger partial charge on any atom is -0.388 e. The van der Waals surface area contributed by atoms with Gasteiger partial charge in [0, 0.05) is 6.42 Å². The quantitative estimate of drug-likeness (QED) is 0.810. The lowest BCUT2D eigenvalue weighted by Crippen LogP contribution is -2.57. The van der Waals surface area contributed by atoms with Crippen LogP contribution >= 0.6 is 0 Å². The number of aliphatic hydroxyl groups excluding tert-OH is 1. The first-order valence-corrected chi connectivity index (χ1v) is 5.98. The average molecular weight is 285 g/mol. The third-order valence-corrected chi connectivity index (χ3v) is 2.70. The van der Waals surface area contributed by atoms with Gasteiger partial charge in [0.05, 0.1) is 18.2 Å². The first-order chi connectivity index (χ1) is 8.61. The van der Waals surface area contributed by atoms with Crippen LogP contribution in [0.1, 0.15) is 27.2 Å². The number of carbonyl (C=O) groups is 1. The van der Waals surface area contributed by atoms with Gasteiger partial charge in [0.1, 0.15) is 6.10 Å². The highest BCUT2D eigenvalue weighted by Gasteiger charge is 2.43. The minimum atomic E-state index is -4.98. The summed E-state index contributed by atoms with van der Waals surface area (Å²) in [5.74, 6) is -2.08. The van der Waals surface area contributed by atoms with Gasteiger partial charge in [0.2, 0.25) is 0 Å². The van der Waals surface area contributed by atoms with Crippen LogP contribution in [-0.4, -0.2) is 47.8 Å². The van der Waals surface area contributed by atoms with Crippen molar-refractivity contribution in [3.8, 4) is 0 Å². The first-order valence-electron chi connectivity index (χ1n) is 5.98. The van der Waals surface area contributed by atoms with E-state index in [0.717, 1.165) is 0 Å². The van der Waals surface area contributed by atoms with Gasteiger partial charge in [-0.1, -0.05) is 0 Å². The molecule has 0 bridgehead atoms. The number of hydrogen-bond donors (Lipinski definition) is 2. The number of ether oxygens (including phenoxy) is 2. The maximum absolute atomic E-state index is 12.2. The summed E-state index contributed by atoms with van der Waals surface area (Å²) in [5.41, 5.74) is 0. The number of hydrogen-bond acceptors (Lipinski definition) is 4. The van der Waals surface area contributed by atoms with Gasteiger partial charge in [-0.3, -0.25) is 4.79 Å². The predicted octanol–water partition coefficient (Wildman–Crippen LogP) is 0.954. The molecular formula is C11H18F3NO4. The van der Waals surface area contributed by atoms with Gasteiger partial charge >= 0.3 is 12.1 Å². The second kappa shape index (κ2) is 6.06. The monoisotopic (exact) mass is 285 g/mol. The molecule has 4 atom stereocenters. The zero-order valence-corrected chi connectivity index (χ0v) is 10.9. The fourth-order valence-corrected chi connectivity index (χ4v) is 1.84. The fourth-order valence-electron chi connectivity index (χ4n) is 1.84. The summed E-state index contributed by atoms with van der Waals surface area (Å²) in [6, 6.07) is -1.05. The van der Waals surface area contributed by atoms with Crippen molar-refractivity contribution in [3.63, 3.8) is 0 Å². The minimum absolute atomic E-state index is 0.0362. The van der Waals surface area contributed by atoms with E-state index in [0.29, 0.717) is 0 Å². The van der Waals surface area contributed by atoms with E-state index in [1.54, 1.807) is 19.2 Å². The fraction of sp³-hybridized carbons (Fsp3) is 0.909. The molecule has 8 heteroatoms. The Hall–Kier alpha value is -0.860. The molecule has 1 amide bonds. The zero-order chi connectivity index (χ0) is 14.8. The maximum Gasteiger partial charge on any atom is 0.471 e. The molecule has 1 aliphatic heterocycles. The summed E-state index contributed by atoms with van der Waals surface area (Å²) < 4.78 is 47.2. The summed E-state index contributed by atoms with van der Waals surface area (Å²) in [6.07, 6.45) is -7.88. The molecule has 0 aromatic rings. The van der Waals surface area contributed by atoms with Crippen LogP contribution in [0.15, 0.2) is 0 Å². The van der Waals surface area contributed by atoms with Crippen LogP contribution in [0.3, 0.4) is 0 Å². The standard InChI is InChI=1S/C11H18F3NO4/c1-5(2)18-8-4-7(9(16)6(3)19-8)15-10(17)11(12,13)14/h5-9,16H,4H2,1-3H3,(H,15,17). The highest BCUT2D eigenvalue weighted by atomic mass is 19.4. The lowest BCUT2D eigenvalue weighted by molar-refractivity contribution is -0.238. The number of aliphatic hydroxyl groups is 1. The number of alkyl halides is 3. The van der Waals surface area contributed by atoms with Gasteiger partial charge in [-0.25, -0.2) is 0 Å². The Morgan fingerprint density at radius 3 is 2.53 bits per heavy atom. The van der Waals surface area contributed by atoms with Crippen molar-refractivity contribution in [2.45, 2.75) is 64.0 Å². The molecule has 4 unspecified atom stereocenters. The maximum atomic E-state index is 12.2. The van der Waals surface area contributed by atoms with Gasteiger partial charge in [-0.2, -0.15) is 13.2 Å². The van der Waals surface area contributed by atoms with Crippen molar-refractivity contribution >= 4 is 5.91 Å². The summed E-state index contributed by atoms with van der Waals surface area (Å²) in [7, 11) is 0. The molecule has 112 valence electrons. The van der Waals surface area contributed by atoms with Crippen molar-refractivity contribution in [1.82, 2.24) is 5.32 Å². The van der Waals surface area contributed by atoms with Crippen LogP contribution in [0.2, 0.25) is 0 Å². The van der Waals surface area contributed by atoms with Crippen LogP contribution in [0, 0.1) is 0 Å². The zero-order valence-electron chi connectivity index (χ0n) is 10.9. The molecule has 0 radical (unpaired) electrons. The summed E-state index contributed by atoms with van der Waals surface area (Å²) in [5, 5.41) is 11.5. The number of nitrogens with one attached hydrogen (secondary N) is 1. The van der Waals surface area contributed by atoms with Gasteiger partial charge in [0.25, 0.3) is 0 Å². The molecule has 1 aliphatic rings. The highest BCUT2D eigenvalue weighted by Crippen LogP contribution is 2.23. The van der Waals surface area contributed by atoms with Gasteiger partial charge < -0.3 is 19.9 Å². The average Bonchev–Trinajstić information content (AvgIpc) is 2.22. The van der Waals surface area contributed by atoms with Gasteiger partial charge in [0.15, 0.2) is 6.29 Å². The Bertz CT molecular complexity index is 322. The molecule has 1 heterocycles. The number of amides is 1. The molecule has 2 N–H and O–H groups in total. The molecule has 19 heavy (non-hydrogen) atoms. The third-order valence-electron chi connectivity index (χ3n) is 2.70. The van der Waals surface area contributed by atoms with E-state index in [1.807, 2.05) is 0 Å².